The molecule has 3 heterocycles. The highest BCUT2D eigenvalue weighted by Crippen LogP contribution is 2.42. The third-order valence-electron chi connectivity index (χ3n) is 2.27. The monoisotopic (exact) mass is 199 g/mol. The molecule has 0 amide bonds. The summed E-state index contributed by atoms with van der Waals surface area (Å²) in [5.41, 5.74) is 2.71. The Bertz CT molecular complexity index is 523. The number of pyridine rings is 1. The number of rotatable bonds is 0. The van der Waals surface area contributed by atoms with Crippen LogP contribution in [0.2, 0.25) is 0 Å². The number of allylic oxidation sites excluding steroid dienone is 1. The lowest BCUT2D eigenvalue weighted by Gasteiger charge is -2.15. The molecule has 0 fully saturated rings. The Labute approximate surface area is 85.2 Å². The van der Waals surface area contributed by atoms with Crippen LogP contribution >= 0.6 is 11.8 Å². The molecule has 1 aromatic rings. The van der Waals surface area contributed by atoms with Crippen molar-refractivity contribution >= 4 is 17.5 Å². The van der Waals surface area contributed by atoms with E-state index in [0.29, 0.717) is 5.56 Å². The number of aliphatic imine (C=N–C) groups is 1. The largest absolute Gasteiger partial charge is 0.263 e. The number of fused-ring (bicyclic) bond motifs is 4. The van der Waals surface area contributed by atoms with Crippen molar-refractivity contribution in [1.82, 2.24) is 4.98 Å². The van der Waals surface area contributed by atoms with E-state index in [9.17, 15) is 0 Å². The van der Waals surface area contributed by atoms with Crippen molar-refractivity contribution in [3.8, 4) is 6.07 Å². The SMILES string of the molecule is N#Cc1cncc2c1SC1=CN=C2C1. The molecule has 0 radical (unpaired) electrons. The summed E-state index contributed by atoms with van der Waals surface area (Å²) in [6.45, 7) is 0. The molecule has 0 aromatic carbocycles. The van der Waals surface area contributed by atoms with Crippen LogP contribution in [-0.4, -0.2) is 10.7 Å². The summed E-state index contributed by atoms with van der Waals surface area (Å²) in [4.78, 5) is 10.6. The predicted octanol–water partition coefficient (Wildman–Crippen LogP) is 2.09. The van der Waals surface area contributed by atoms with Gasteiger partial charge in [0.2, 0.25) is 0 Å². The summed E-state index contributed by atoms with van der Waals surface area (Å²) in [6, 6.07) is 2.16. The third-order valence-corrected chi connectivity index (χ3v) is 3.42. The highest BCUT2D eigenvalue weighted by atomic mass is 32.2. The van der Waals surface area contributed by atoms with Crippen LogP contribution in [-0.2, 0) is 0 Å². The molecule has 2 bridgehead atoms. The molecule has 4 heteroatoms. The van der Waals surface area contributed by atoms with Gasteiger partial charge < -0.3 is 0 Å². The number of hydrogen-bond donors (Lipinski definition) is 0. The van der Waals surface area contributed by atoms with Crippen molar-refractivity contribution in [3.05, 3.63) is 34.6 Å². The highest BCUT2D eigenvalue weighted by molar-refractivity contribution is 8.03. The summed E-state index contributed by atoms with van der Waals surface area (Å²) >= 11 is 1.63. The van der Waals surface area contributed by atoms with Gasteiger partial charge in [0.15, 0.2) is 0 Å². The van der Waals surface area contributed by atoms with Crippen LogP contribution in [0.5, 0.6) is 0 Å². The predicted molar refractivity (Wildman–Crippen MR) is 54.0 cm³/mol. The van der Waals surface area contributed by atoms with E-state index in [1.54, 1.807) is 24.2 Å². The number of nitrogens with zero attached hydrogens (tertiary/aromatic N) is 3. The van der Waals surface area contributed by atoms with Crippen molar-refractivity contribution < 1.29 is 0 Å². The van der Waals surface area contributed by atoms with Gasteiger partial charge in [0.05, 0.1) is 11.3 Å². The number of hydrogen-bond acceptors (Lipinski definition) is 4. The maximum Gasteiger partial charge on any atom is 0.102 e. The Morgan fingerprint density at radius 3 is 3.21 bits per heavy atom. The fourth-order valence-corrected chi connectivity index (χ4v) is 2.67. The van der Waals surface area contributed by atoms with Crippen molar-refractivity contribution in [3.63, 3.8) is 0 Å². The lowest BCUT2D eigenvalue weighted by atomic mass is 10.1. The molecular weight excluding hydrogens is 194 g/mol. The van der Waals surface area contributed by atoms with Gasteiger partial charge in [0.1, 0.15) is 6.07 Å². The zero-order valence-electron chi connectivity index (χ0n) is 7.19. The second-order valence-electron chi connectivity index (χ2n) is 3.13. The minimum Gasteiger partial charge on any atom is -0.263 e. The first-order chi connectivity index (χ1) is 6.88. The first kappa shape index (κ1) is 7.77. The van der Waals surface area contributed by atoms with Crippen molar-refractivity contribution in [2.24, 2.45) is 4.99 Å². The maximum absolute atomic E-state index is 8.92. The molecule has 3 rings (SSSR count). The molecule has 66 valence electrons. The fourth-order valence-electron chi connectivity index (χ4n) is 1.61. The second-order valence-corrected chi connectivity index (χ2v) is 4.26. The maximum atomic E-state index is 8.92. The molecule has 0 unspecified atom stereocenters. The van der Waals surface area contributed by atoms with Crippen LogP contribution in [0, 0.1) is 11.3 Å². The molecule has 0 N–H and O–H groups in total. The molecule has 1 aromatic heterocycles. The third kappa shape index (κ3) is 0.932. The van der Waals surface area contributed by atoms with Gasteiger partial charge in [-0.2, -0.15) is 5.26 Å². The molecule has 0 atom stereocenters. The molecular formula is C10H5N3S. The average Bonchev–Trinajstić information content (AvgIpc) is 2.61. The van der Waals surface area contributed by atoms with Crippen LogP contribution in [0.1, 0.15) is 17.5 Å². The van der Waals surface area contributed by atoms with E-state index in [1.165, 1.54) is 4.91 Å². The highest BCUT2D eigenvalue weighted by Gasteiger charge is 2.25. The molecule has 14 heavy (non-hydrogen) atoms. The quantitative estimate of drug-likeness (QED) is 0.642. The van der Waals surface area contributed by atoms with Crippen molar-refractivity contribution in [2.45, 2.75) is 11.3 Å². The van der Waals surface area contributed by atoms with E-state index >= 15 is 0 Å². The topological polar surface area (TPSA) is 49.0 Å². The lowest BCUT2D eigenvalue weighted by Crippen LogP contribution is -2.06. The molecule has 0 spiro atoms. The van der Waals surface area contributed by atoms with Crippen LogP contribution in [0.3, 0.4) is 0 Å². The van der Waals surface area contributed by atoms with Crippen molar-refractivity contribution in [2.75, 3.05) is 0 Å². The first-order valence-corrected chi connectivity index (χ1v) is 5.02. The molecule has 2 aliphatic rings. The van der Waals surface area contributed by atoms with E-state index < -0.39 is 0 Å². The Morgan fingerprint density at radius 1 is 1.43 bits per heavy atom. The van der Waals surface area contributed by atoms with Gasteiger partial charge in [-0.1, -0.05) is 11.8 Å². The standard InChI is InChI=1S/C10H5N3S/c11-2-6-3-12-5-8-9-1-7(4-13-9)14-10(6)8/h3-5H,1H2. The number of thioether (sulfide) groups is 1. The Balaban J connectivity index is 2.29. The number of nitriles is 1. The van der Waals surface area contributed by atoms with Gasteiger partial charge in [-0.25, -0.2) is 0 Å². The van der Waals surface area contributed by atoms with Gasteiger partial charge in [-0.05, 0) is 0 Å². The smallest absolute Gasteiger partial charge is 0.102 e. The molecule has 0 aliphatic carbocycles. The molecule has 3 nitrogen and oxygen atoms in total. The van der Waals surface area contributed by atoms with Crippen LogP contribution in [0.25, 0.3) is 0 Å². The van der Waals surface area contributed by atoms with Crippen LogP contribution < -0.4 is 0 Å². The van der Waals surface area contributed by atoms with E-state index in [0.717, 1.165) is 22.6 Å². The second kappa shape index (κ2) is 2.69. The van der Waals surface area contributed by atoms with Crippen molar-refractivity contribution in [1.29, 1.82) is 5.26 Å². The van der Waals surface area contributed by atoms with Gasteiger partial charge in [-0.3, -0.25) is 9.98 Å². The Morgan fingerprint density at radius 2 is 2.36 bits per heavy atom. The molecule has 2 aliphatic heterocycles. The van der Waals surface area contributed by atoms with Gasteiger partial charge >= 0.3 is 0 Å². The van der Waals surface area contributed by atoms with Gasteiger partial charge in [0.25, 0.3) is 0 Å². The minimum absolute atomic E-state index is 0.646. The van der Waals surface area contributed by atoms with Gasteiger partial charge in [-0.15, -0.1) is 0 Å². The summed E-state index contributed by atoms with van der Waals surface area (Å²) in [5, 5.41) is 8.92. The summed E-state index contributed by atoms with van der Waals surface area (Å²) in [7, 11) is 0. The summed E-state index contributed by atoms with van der Waals surface area (Å²) < 4.78 is 0. The van der Waals surface area contributed by atoms with Crippen LogP contribution in [0.4, 0.5) is 0 Å². The summed E-state index contributed by atoms with van der Waals surface area (Å²) in [5.74, 6) is 0. The van der Waals surface area contributed by atoms with Gasteiger partial charge in [0, 0.05) is 40.4 Å². The Kier molecular flexibility index (Phi) is 1.49. The normalized spacial score (nSPS) is 16.8. The zero-order valence-corrected chi connectivity index (χ0v) is 8.01. The molecule has 0 saturated carbocycles. The lowest BCUT2D eigenvalue weighted by molar-refractivity contribution is 1.19. The number of aromatic nitrogens is 1. The fraction of sp³-hybridized carbons (Fsp3) is 0.100. The zero-order chi connectivity index (χ0) is 9.54. The molecule has 0 saturated heterocycles. The average molecular weight is 199 g/mol. The summed E-state index contributed by atoms with van der Waals surface area (Å²) in [6.07, 6.45) is 6.17. The van der Waals surface area contributed by atoms with E-state index in [1.807, 2.05) is 6.20 Å². The van der Waals surface area contributed by atoms with E-state index in [4.69, 9.17) is 5.26 Å². The minimum atomic E-state index is 0.646. The van der Waals surface area contributed by atoms with E-state index in [2.05, 4.69) is 16.0 Å². The van der Waals surface area contributed by atoms with E-state index in [-0.39, 0.29) is 0 Å². The Hall–Kier alpha value is -1.60. The first-order valence-electron chi connectivity index (χ1n) is 4.20. The van der Waals surface area contributed by atoms with Crippen LogP contribution in [0.15, 0.2) is 33.4 Å².